The summed E-state index contributed by atoms with van der Waals surface area (Å²) in [6, 6.07) is 1.39. The highest BCUT2D eigenvalue weighted by atomic mass is 31.2. The Morgan fingerprint density at radius 2 is 1.79 bits per heavy atom. The van der Waals surface area contributed by atoms with Crippen LogP contribution in [0.3, 0.4) is 0 Å². The van der Waals surface area contributed by atoms with Crippen molar-refractivity contribution in [2.75, 3.05) is 18.7 Å². The van der Waals surface area contributed by atoms with E-state index >= 15 is 0 Å². The molecule has 0 aromatic carbocycles. The van der Waals surface area contributed by atoms with Crippen LogP contribution in [0.5, 0.6) is 0 Å². The van der Waals surface area contributed by atoms with Gasteiger partial charge in [-0.15, -0.1) is 0 Å². The molecule has 1 aromatic heterocycles. The molecule has 164 valence electrons. The summed E-state index contributed by atoms with van der Waals surface area (Å²) in [6.45, 7) is -0.570. The number of hydrogen-bond donors (Lipinski definition) is 5. The summed E-state index contributed by atoms with van der Waals surface area (Å²) in [5.74, 6) is 3.12. The van der Waals surface area contributed by atoms with E-state index < -0.39 is 32.3 Å². The van der Waals surface area contributed by atoms with Gasteiger partial charge in [-0.25, -0.2) is 4.79 Å². The fraction of sp³-hybridized carbons (Fsp3) is 0.778. The average Bonchev–Trinajstić information content (AvgIpc) is 2.58. The van der Waals surface area contributed by atoms with Crippen molar-refractivity contribution in [3.8, 4) is 0 Å². The van der Waals surface area contributed by atoms with E-state index in [0.717, 1.165) is 22.3 Å². The lowest BCUT2D eigenvalue weighted by atomic mass is 9.53. The first kappa shape index (κ1) is 22.4. The Bertz CT molecular complexity index is 775. The SMILES string of the molecule is NC12CC3CC(CC(C3)C1)C2.Nc1ccn(C[C@@H](CO)OCP(=O)(O)O)c(=O)n1. The highest BCUT2D eigenvalue weighted by molar-refractivity contribution is 7.51. The van der Waals surface area contributed by atoms with Crippen LogP contribution in [0.4, 0.5) is 5.82 Å². The van der Waals surface area contributed by atoms with E-state index in [9.17, 15) is 9.36 Å². The number of aromatic nitrogens is 2. The van der Waals surface area contributed by atoms with Gasteiger partial charge in [0.05, 0.1) is 19.3 Å². The van der Waals surface area contributed by atoms with Crippen LogP contribution >= 0.6 is 7.60 Å². The molecule has 4 aliphatic carbocycles. The number of nitrogen functional groups attached to an aromatic ring is 1. The smallest absolute Gasteiger partial charge is 0.350 e. The van der Waals surface area contributed by atoms with Crippen molar-refractivity contribution in [3.05, 3.63) is 22.7 Å². The summed E-state index contributed by atoms with van der Waals surface area (Å²) in [5.41, 5.74) is 11.3. The number of rotatable bonds is 6. The van der Waals surface area contributed by atoms with Crippen LogP contribution in [0.15, 0.2) is 17.1 Å². The molecule has 11 heteroatoms. The van der Waals surface area contributed by atoms with Crippen molar-refractivity contribution in [1.29, 1.82) is 0 Å². The van der Waals surface area contributed by atoms with Crippen molar-refractivity contribution in [2.45, 2.75) is 56.7 Å². The fourth-order valence-electron chi connectivity index (χ4n) is 5.34. The van der Waals surface area contributed by atoms with Crippen molar-refractivity contribution >= 4 is 13.4 Å². The summed E-state index contributed by atoms with van der Waals surface area (Å²) in [6.07, 6.45) is 8.19. The van der Waals surface area contributed by atoms with Gasteiger partial charge in [0.2, 0.25) is 0 Å². The molecule has 0 radical (unpaired) electrons. The number of hydrogen-bond acceptors (Lipinski definition) is 7. The maximum absolute atomic E-state index is 11.4. The molecule has 1 atom stereocenters. The largest absolute Gasteiger partial charge is 0.394 e. The van der Waals surface area contributed by atoms with E-state index in [1.807, 2.05) is 0 Å². The molecule has 29 heavy (non-hydrogen) atoms. The third-order valence-electron chi connectivity index (χ3n) is 6.06. The van der Waals surface area contributed by atoms with E-state index in [2.05, 4.69) is 4.98 Å². The Balaban J connectivity index is 0.000000183. The predicted molar refractivity (Wildman–Crippen MR) is 107 cm³/mol. The zero-order valence-electron chi connectivity index (χ0n) is 16.4. The van der Waals surface area contributed by atoms with Crippen LogP contribution in [0.25, 0.3) is 0 Å². The van der Waals surface area contributed by atoms with Gasteiger partial charge in [-0.3, -0.25) is 9.13 Å². The van der Waals surface area contributed by atoms with Gasteiger partial charge in [-0.2, -0.15) is 4.98 Å². The molecule has 10 nitrogen and oxygen atoms in total. The molecule has 4 bridgehead atoms. The van der Waals surface area contributed by atoms with Gasteiger partial charge in [-0.05, 0) is 62.3 Å². The number of ether oxygens (including phenoxy) is 1. The third kappa shape index (κ3) is 6.34. The van der Waals surface area contributed by atoms with Crippen LogP contribution in [-0.4, -0.2) is 49.0 Å². The van der Waals surface area contributed by atoms with Gasteiger partial charge in [0.1, 0.15) is 12.2 Å². The molecule has 0 saturated heterocycles. The minimum Gasteiger partial charge on any atom is -0.394 e. The van der Waals surface area contributed by atoms with E-state index in [-0.39, 0.29) is 12.4 Å². The maximum Gasteiger partial charge on any atom is 0.350 e. The summed E-state index contributed by atoms with van der Waals surface area (Å²) < 4.78 is 16.5. The lowest BCUT2D eigenvalue weighted by Gasteiger charge is -2.55. The lowest BCUT2D eigenvalue weighted by Crippen LogP contribution is -2.55. The molecule has 7 N–H and O–H groups in total. The third-order valence-corrected chi connectivity index (χ3v) is 6.55. The minimum absolute atomic E-state index is 0.0629. The van der Waals surface area contributed by atoms with Crippen LogP contribution < -0.4 is 17.2 Å². The van der Waals surface area contributed by atoms with Crippen molar-refractivity contribution in [2.24, 2.45) is 23.5 Å². The van der Waals surface area contributed by atoms with Gasteiger partial charge in [-0.1, -0.05) is 0 Å². The Labute approximate surface area is 169 Å². The Hall–Kier alpha value is -1.29. The Morgan fingerprint density at radius 1 is 1.24 bits per heavy atom. The zero-order chi connectivity index (χ0) is 21.2. The summed E-state index contributed by atoms with van der Waals surface area (Å²) >= 11 is 0. The van der Waals surface area contributed by atoms with E-state index in [0.29, 0.717) is 5.54 Å². The minimum atomic E-state index is -4.31. The molecule has 1 aromatic rings. The van der Waals surface area contributed by atoms with Crippen molar-refractivity contribution < 1.29 is 24.2 Å². The molecular weight excluding hydrogens is 399 g/mol. The highest BCUT2D eigenvalue weighted by Gasteiger charge is 2.48. The van der Waals surface area contributed by atoms with Gasteiger partial charge >= 0.3 is 13.3 Å². The molecule has 5 rings (SSSR count). The summed E-state index contributed by atoms with van der Waals surface area (Å²) in [7, 11) is -4.31. The van der Waals surface area contributed by atoms with Gasteiger partial charge in [0.15, 0.2) is 0 Å². The molecular formula is C18H31N4O6P. The van der Waals surface area contributed by atoms with Gasteiger partial charge < -0.3 is 31.1 Å². The quantitative estimate of drug-likeness (QED) is 0.396. The Morgan fingerprint density at radius 3 is 2.21 bits per heavy atom. The summed E-state index contributed by atoms with van der Waals surface area (Å²) in [4.78, 5) is 32.1. The molecule has 0 spiro atoms. The first-order chi connectivity index (χ1) is 13.5. The fourth-order valence-corrected chi connectivity index (χ4v) is 5.75. The van der Waals surface area contributed by atoms with Crippen LogP contribution in [-0.2, 0) is 15.8 Å². The van der Waals surface area contributed by atoms with E-state index in [1.165, 1.54) is 50.8 Å². The molecule has 4 saturated carbocycles. The van der Waals surface area contributed by atoms with Crippen LogP contribution in [0.1, 0.15) is 38.5 Å². The zero-order valence-corrected chi connectivity index (χ0v) is 17.3. The van der Waals surface area contributed by atoms with E-state index in [1.54, 1.807) is 0 Å². The molecule has 4 fully saturated rings. The topological polar surface area (TPSA) is 174 Å². The second kappa shape index (κ2) is 8.83. The van der Waals surface area contributed by atoms with Crippen LogP contribution in [0, 0.1) is 17.8 Å². The van der Waals surface area contributed by atoms with Crippen LogP contribution in [0.2, 0.25) is 0 Å². The van der Waals surface area contributed by atoms with E-state index in [4.69, 9.17) is 31.1 Å². The number of aliphatic hydroxyl groups excluding tert-OH is 1. The second-order valence-electron chi connectivity index (χ2n) is 8.83. The second-order valence-corrected chi connectivity index (χ2v) is 10.4. The monoisotopic (exact) mass is 430 g/mol. The maximum atomic E-state index is 11.4. The first-order valence-corrected chi connectivity index (χ1v) is 11.7. The number of nitrogens with two attached hydrogens (primary N) is 2. The average molecular weight is 430 g/mol. The molecule has 0 unspecified atom stereocenters. The molecule has 0 aliphatic heterocycles. The lowest BCUT2D eigenvalue weighted by molar-refractivity contribution is 0.000363. The summed E-state index contributed by atoms with van der Waals surface area (Å²) in [5, 5.41) is 8.99. The molecule has 4 aliphatic rings. The highest BCUT2D eigenvalue weighted by Crippen LogP contribution is 2.54. The Kier molecular flexibility index (Phi) is 6.82. The number of anilines is 1. The van der Waals surface area contributed by atoms with Gasteiger partial charge in [0, 0.05) is 11.7 Å². The van der Waals surface area contributed by atoms with Crippen molar-refractivity contribution in [3.63, 3.8) is 0 Å². The number of nitrogens with zero attached hydrogens (tertiary/aromatic N) is 2. The molecule has 0 amide bonds. The van der Waals surface area contributed by atoms with Gasteiger partial charge in [0.25, 0.3) is 0 Å². The van der Waals surface area contributed by atoms with Crippen molar-refractivity contribution in [1.82, 2.24) is 9.55 Å². The standard InChI is InChI=1S/C10H17N.C8H14N3O6P/c11-10-4-7-1-8(5-10)3-9(2-7)6-10;9-7-1-2-11(8(13)10-7)3-6(4-12)17-5-18(14,15)16/h7-9H,1-6,11H2;1-2,6,12H,3-5H2,(H2,9,10,13)(H2,14,15,16)/t;6-/m.0/s1. The number of aliphatic hydroxyl groups is 1. The normalized spacial score (nSPS) is 31.2. The predicted octanol–water partition coefficient (Wildman–Crippen LogP) is 0.252. The molecule has 1 heterocycles. The first-order valence-electron chi connectivity index (χ1n) is 9.94.